The average molecular weight is 411 g/mol. The van der Waals surface area contributed by atoms with Crippen LogP contribution < -0.4 is 15.0 Å². The van der Waals surface area contributed by atoms with Crippen LogP contribution in [0.4, 0.5) is 5.69 Å². The third-order valence-corrected chi connectivity index (χ3v) is 5.79. The Labute approximate surface area is 180 Å². The molecule has 0 spiro atoms. The molecule has 0 unspecified atom stereocenters. The van der Waals surface area contributed by atoms with Gasteiger partial charge >= 0.3 is 0 Å². The molecule has 6 nitrogen and oxygen atoms in total. The summed E-state index contributed by atoms with van der Waals surface area (Å²) in [7, 11) is 7.90. The summed E-state index contributed by atoms with van der Waals surface area (Å²) in [6.45, 7) is 4.72. The van der Waals surface area contributed by atoms with Crippen molar-refractivity contribution in [1.82, 2.24) is 15.1 Å². The van der Waals surface area contributed by atoms with Gasteiger partial charge in [-0.3, -0.25) is 9.69 Å². The lowest BCUT2D eigenvalue weighted by Crippen LogP contribution is -2.48. The number of ether oxygens (including phenoxy) is 1. The molecule has 3 rings (SSSR count). The number of rotatable bonds is 8. The molecular formula is C24H34N4O2. The van der Waals surface area contributed by atoms with E-state index in [0.717, 1.165) is 37.5 Å². The van der Waals surface area contributed by atoms with E-state index >= 15 is 0 Å². The lowest BCUT2D eigenvalue weighted by Gasteiger charge is -2.38. The Balaban J connectivity index is 1.66. The molecule has 1 aliphatic rings. The van der Waals surface area contributed by atoms with Gasteiger partial charge in [0.15, 0.2) is 0 Å². The van der Waals surface area contributed by atoms with Crippen molar-refractivity contribution in [1.29, 1.82) is 0 Å². The van der Waals surface area contributed by atoms with Crippen LogP contribution in [0.2, 0.25) is 0 Å². The van der Waals surface area contributed by atoms with Crippen LogP contribution in [-0.2, 0) is 11.2 Å². The fourth-order valence-electron chi connectivity index (χ4n) is 3.79. The first kappa shape index (κ1) is 22.1. The Morgan fingerprint density at radius 1 is 1.03 bits per heavy atom. The van der Waals surface area contributed by atoms with Gasteiger partial charge in [0, 0.05) is 52.5 Å². The summed E-state index contributed by atoms with van der Waals surface area (Å²) >= 11 is 0. The van der Waals surface area contributed by atoms with Crippen molar-refractivity contribution in [3.8, 4) is 5.75 Å². The number of piperazine rings is 1. The van der Waals surface area contributed by atoms with Gasteiger partial charge in [0.1, 0.15) is 5.75 Å². The van der Waals surface area contributed by atoms with Gasteiger partial charge in [-0.1, -0.05) is 24.3 Å². The van der Waals surface area contributed by atoms with Gasteiger partial charge in [0.05, 0.1) is 19.6 Å². The Bertz CT molecular complexity index is 797. The maximum absolute atomic E-state index is 12.6. The standard InChI is InChI=1S/C24H34N4O2/c1-26(2)21-9-7-20(8-10-21)23(28-15-13-27(3)14-16-28)18-25-24(29)17-19-5-11-22(30-4)12-6-19/h5-12,23H,13-18H2,1-4H3,(H,25,29)/t23-/m1/s1. The molecular weight excluding hydrogens is 376 g/mol. The van der Waals surface area contributed by atoms with Crippen LogP contribution in [0.5, 0.6) is 5.75 Å². The average Bonchev–Trinajstić information content (AvgIpc) is 2.76. The number of hydrogen-bond acceptors (Lipinski definition) is 5. The van der Waals surface area contributed by atoms with Crippen LogP contribution in [0.15, 0.2) is 48.5 Å². The SMILES string of the molecule is COc1ccc(CC(=O)NC[C@H](c2ccc(N(C)C)cc2)N2CCN(C)CC2)cc1. The van der Waals surface area contributed by atoms with Crippen molar-refractivity contribution in [2.24, 2.45) is 0 Å². The van der Waals surface area contributed by atoms with Crippen LogP contribution in [0.25, 0.3) is 0 Å². The zero-order valence-corrected chi connectivity index (χ0v) is 18.6. The van der Waals surface area contributed by atoms with Crippen LogP contribution in [0, 0.1) is 0 Å². The second-order valence-electron chi connectivity index (χ2n) is 8.17. The van der Waals surface area contributed by atoms with Gasteiger partial charge in [-0.2, -0.15) is 0 Å². The Hall–Kier alpha value is -2.57. The number of hydrogen-bond donors (Lipinski definition) is 1. The highest BCUT2D eigenvalue weighted by Gasteiger charge is 2.24. The van der Waals surface area contributed by atoms with Crippen molar-refractivity contribution in [3.05, 3.63) is 59.7 Å². The third kappa shape index (κ3) is 5.97. The molecule has 1 saturated heterocycles. The smallest absolute Gasteiger partial charge is 0.224 e. The molecule has 2 aromatic rings. The molecule has 6 heteroatoms. The van der Waals surface area contributed by atoms with Gasteiger partial charge < -0.3 is 19.9 Å². The molecule has 1 amide bonds. The molecule has 30 heavy (non-hydrogen) atoms. The summed E-state index contributed by atoms with van der Waals surface area (Å²) in [6.07, 6.45) is 0.374. The Morgan fingerprint density at radius 3 is 2.23 bits per heavy atom. The fraction of sp³-hybridized carbons (Fsp3) is 0.458. The van der Waals surface area contributed by atoms with E-state index in [1.807, 2.05) is 38.4 Å². The van der Waals surface area contributed by atoms with Crippen molar-refractivity contribution in [3.63, 3.8) is 0 Å². The highest BCUT2D eigenvalue weighted by molar-refractivity contribution is 5.78. The molecule has 1 atom stereocenters. The number of nitrogens with one attached hydrogen (secondary N) is 1. The monoisotopic (exact) mass is 410 g/mol. The molecule has 0 bridgehead atoms. The van der Waals surface area contributed by atoms with Crippen LogP contribution in [0.1, 0.15) is 17.2 Å². The molecule has 0 aromatic heterocycles. The number of benzene rings is 2. The molecule has 0 radical (unpaired) electrons. The fourth-order valence-corrected chi connectivity index (χ4v) is 3.79. The van der Waals surface area contributed by atoms with Gasteiger partial charge in [-0.05, 0) is 42.4 Å². The summed E-state index contributed by atoms with van der Waals surface area (Å²) in [5, 5.41) is 3.17. The van der Waals surface area contributed by atoms with E-state index in [1.165, 1.54) is 11.3 Å². The molecule has 0 saturated carbocycles. The van der Waals surface area contributed by atoms with Crippen molar-refractivity contribution >= 4 is 11.6 Å². The van der Waals surface area contributed by atoms with Crippen molar-refractivity contribution in [2.75, 3.05) is 65.9 Å². The second-order valence-corrected chi connectivity index (χ2v) is 8.17. The van der Waals surface area contributed by atoms with Crippen molar-refractivity contribution in [2.45, 2.75) is 12.5 Å². The van der Waals surface area contributed by atoms with Gasteiger partial charge in [-0.15, -0.1) is 0 Å². The molecule has 0 aliphatic carbocycles. The quantitative estimate of drug-likeness (QED) is 0.724. The summed E-state index contributed by atoms with van der Waals surface area (Å²) in [6, 6.07) is 16.5. The molecule has 1 fully saturated rings. The predicted octanol–water partition coefficient (Wildman–Crippen LogP) is 2.41. The summed E-state index contributed by atoms with van der Waals surface area (Å²) in [4.78, 5) is 19.5. The number of carbonyl (C=O) groups is 1. The van der Waals surface area contributed by atoms with E-state index in [2.05, 4.69) is 51.3 Å². The Morgan fingerprint density at radius 2 is 1.67 bits per heavy atom. The van der Waals surface area contributed by atoms with E-state index in [9.17, 15) is 4.79 Å². The first-order valence-corrected chi connectivity index (χ1v) is 10.6. The summed E-state index contributed by atoms with van der Waals surface area (Å²) < 4.78 is 5.19. The minimum atomic E-state index is 0.0456. The van der Waals surface area contributed by atoms with Crippen LogP contribution in [-0.4, -0.2) is 76.7 Å². The normalized spacial score (nSPS) is 16.1. The number of anilines is 1. The first-order valence-electron chi connectivity index (χ1n) is 10.6. The zero-order chi connectivity index (χ0) is 21.5. The first-order chi connectivity index (χ1) is 14.5. The van der Waals surface area contributed by atoms with E-state index in [-0.39, 0.29) is 11.9 Å². The lowest BCUT2D eigenvalue weighted by molar-refractivity contribution is -0.120. The zero-order valence-electron chi connectivity index (χ0n) is 18.6. The molecule has 2 aromatic carbocycles. The summed E-state index contributed by atoms with van der Waals surface area (Å²) in [5.74, 6) is 0.847. The van der Waals surface area contributed by atoms with E-state index < -0.39 is 0 Å². The number of carbonyl (C=O) groups excluding carboxylic acids is 1. The lowest BCUT2D eigenvalue weighted by atomic mass is 10.0. The maximum atomic E-state index is 12.6. The molecule has 1 heterocycles. The van der Waals surface area contributed by atoms with Gasteiger partial charge in [0.25, 0.3) is 0 Å². The predicted molar refractivity (Wildman–Crippen MR) is 122 cm³/mol. The highest BCUT2D eigenvalue weighted by Crippen LogP contribution is 2.24. The summed E-state index contributed by atoms with van der Waals surface area (Å²) in [5.41, 5.74) is 3.41. The second kappa shape index (κ2) is 10.5. The molecule has 1 aliphatic heterocycles. The van der Waals surface area contributed by atoms with E-state index in [1.54, 1.807) is 7.11 Å². The van der Waals surface area contributed by atoms with E-state index in [0.29, 0.717) is 13.0 Å². The number of nitrogens with zero attached hydrogens (tertiary/aromatic N) is 3. The minimum absolute atomic E-state index is 0.0456. The largest absolute Gasteiger partial charge is 0.497 e. The third-order valence-electron chi connectivity index (χ3n) is 5.79. The van der Waals surface area contributed by atoms with E-state index in [4.69, 9.17) is 4.74 Å². The maximum Gasteiger partial charge on any atom is 0.224 e. The van der Waals surface area contributed by atoms with Gasteiger partial charge in [0.2, 0.25) is 5.91 Å². The van der Waals surface area contributed by atoms with Gasteiger partial charge in [-0.25, -0.2) is 0 Å². The van der Waals surface area contributed by atoms with Crippen molar-refractivity contribution < 1.29 is 9.53 Å². The topological polar surface area (TPSA) is 48.1 Å². The number of methoxy groups -OCH3 is 1. The minimum Gasteiger partial charge on any atom is -0.497 e. The van der Waals surface area contributed by atoms with Crippen LogP contribution in [0.3, 0.4) is 0 Å². The number of amides is 1. The molecule has 162 valence electrons. The highest BCUT2D eigenvalue weighted by atomic mass is 16.5. The van der Waals surface area contributed by atoms with Crippen LogP contribution >= 0.6 is 0 Å². The molecule has 1 N–H and O–H groups in total. The number of likely N-dealkylation sites (N-methyl/N-ethyl adjacent to an activating group) is 1. The Kier molecular flexibility index (Phi) is 7.71.